The van der Waals surface area contributed by atoms with Crippen LogP contribution in [0, 0.1) is 0 Å². The van der Waals surface area contributed by atoms with Gasteiger partial charge in [0.15, 0.2) is 11.5 Å². The van der Waals surface area contributed by atoms with Crippen molar-refractivity contribution in [3.05, 3.63) is 23.8 Å². The number of ether oxygens (including phenoxy) is 2. The first-order chi connectivity index (χ1) is 13.8. The van der Waals surface area contributed by atoms with Gasteiger partial charge in [-0.2, -0.15) is 11.8 Å². The van der Waals surface area contributed by atoms with E-state index in [-0.39, 0.29) is 5.25 Å². The number of fused-ring (bicyclic) bond motifs is 1. The van der Waals surface area contributed by atoms with Crippen molar-refractivity contribution >= 4 is 34.1 Å². The fraction of sp³-hybridized carbons (Fsp3) is 0.727. The van der Waals surface area contributed by atoms with Crippen LogP contribution < -0.4 is 9.47 Å². The summed E-state index contributed by atoms with van der Waals surface area (Å²) in [6, 6.07) is 6.01. The molecule has 0 aliphatic carbocycles. The summed E-state index contributed by atoms with van der Waals surface area (Å²) < 4.78 is 32.6. The molecule has 0 amide bonds. The first-order valence-electron chi connectivity index (χ1n) is 10.3. The summed E-state index contributed by atoms with van der Waals surface area (Å²) in [5.41, 5.74) is 1.17. The largest absolute Gasteiger partial charge is 0.617 e. The molecule has 4 nitrogen and oxygen atoms in total. The van der Waals surface area contributed by atoms with E-state index in [0.717, 1.165) is 30.1 Å². The summed E-state index contributed by atoms with van der Waals surface area (Å²) in [5.74, 6) is 2.45. The second kappa shape index (κ2) is 18.6. The Labute approximate surface area is 189 Å². The minimum Gasteiger partial charge on any atom is -0.617 e. The fourth-order valence-corrected chi connectivity index (χ4v) is 3.99. The van der Waals surface area contributed by atoms with Gasteiger partial charge in [0.2, 0.25) is 6.79 Å². The summed E-state index contributed by atoms with van der Waals surface area (Å²) in [7, 11) is 0. The van der Waals surface area contributed by atoms with E-state index in [9.17, 15) is 9.11 Å². The maximum absolute atomic E-state index is 12.3. The SMILES string of the molecule is CCCCCCCC[S+]([O-])C(C)Cc1ccc2c(c1)OCO2.CSC.C[S+](C)[O-]. The van der Waals surface area contributed by atoms with E-state index in [4.69, 9.17) is 9.47 Å². The molecule has 0 radical (unpaired) electrons. The third kappa shape index (κ3) is 15.3. The lowest BCUT2D eigenvalue weighted by Crippen LogP contribution is -2.23. The van der Waals surface area contributed by atoms with Gasteiger partial charge < -0.3 is 18.6 Å². The van der Waals surface area contributed by atoms with Gasteiger partial charge in [-0.25, -0.2) is 0 Å². The molecule has 0 saturated heterocycles. The molecule has 0 bridgehead atoms. The molecule has 2 unspecified atom stereocenters. The van der Waals surface area contributed by atoms with E-state index in [0.29, 0.717) is 6.79 Å². The van der Waals surface area contributed by atoms with Crippen molar-refractivity contribution in [2.24, 2.45) is 0 Å². The zero-order valence-electron chi connectivity index (χ0n) is 19.0. The maximum atomic E-state index is 12.3. The van der Waals surface area contributed by atoms with E-state index < -0.39 is 22.4 Å². The molecule has 7 heteroatoms. The first kappa shape index (κ1) is 28.8. The molecule has 2 rings (SSSR count). The maximum Gasteiger partial charge on any atom is 0.231 e. The lowest BCUT2D eigenvalue weighted by molar-refractivity contribution is 0.174. The molecule has 170 valence electrons. The lowest BCUT2D eigenvalue weighted by Gasteiger charge is -2.18. The minimum atomic E-state index is -0.743. The van der Waals surface area contributed by atoms with Crippen LogP contribution in [0.5, 0.6) is 11.5 Å². The zero-order chi connectivity index (χ0) is 22.1. The fourth-order valence-electron chi connectivity index (χ4n) is 2.72. The van der Waals surface area contributed by atoms with Gasteiger partial charge in [0, 0.05) is 6.42 Å². The van der Waals surface area contributed by atoms with Crippen LogP contribution in [-0.4, -0.2) is 51.9 Å². The van der Waals surface area contributed by atoms with Gasteiger partial charge in [-0.15, -0.1) is 0 Å². The molecule has 2 atom stereocenters. The van der Waals surface area contributed by atoms with E-state index in [1.807, 2.05) is 30.7 Å². The number of hydrogen-bond acceptors (Lipinski definition) is 5. The number of rotatable bonds is 10. The standard InChI is InChI=1S/C18H28O3S.C2H6OS.C2H6S/c1-3-4-5-6-7-8-11-22(19)15(2)12-16-9-10-17-18(13-16)21-14-20-17;1-4(2)3;1-3-2/h9-10,13,15H,3-8,11-12,14H2,1-2H3;1-2H3;1-2H3. The van der Waals surface area contributed by atoms with Crippen molar-refractivity contribution < 1.29 is 18.6 Å². The van der Waals surface area contributed by atoms with Gasteiger partial charge >= 0.3 is 0 Å². The van der Waals surface area contributed by atoms with E-state index >= 15 is 0 Å². The molecule has 1 aromatic carbocycles. The van der Waals surface area contributed by atoms with Crippen molar-refractivity contribution in [2.45, 2.75) is 64.0 Å². The Morgan fingerprint density at radius 3 is 2.17 bits per heavy atom. The molecule has 1 aliphatic rings. The molecule has 0 N–H and O–H groups in total. The summed E-state index contributed by atoms with van der Waals surface area (Å²) >= 11 is 0.396. The average Bonchev–Trinajstić information content (AvgIpc) is 3.12. The Hall–Kier alpha value is -0.210. The first-order valence-corrected chi connectivity index (χ1v) is 15.2. The van der Waals surface area contributed by atoms with Crippen molar-refractivity contribution in [3.8, 4) is 11.5 Å². The van der Waals surface area contributed by atoms with Gasteiger partial charge in [0.05, 0.1) is 12.5 Å². The van der Waals surface area contributed by atoms with Crippen molar-refractivity contribution in [3.63, 3.8) is 0 Å². The molecule has 0 aromatic heterocycles. The van der Waals surface area contributed by atoms with Crippen molar-refractivity contribution in [1.29, 1.82) is 0 Å². The Morgan fingerprint density at radius 2 is 1.55 bits per heavy atom. The van der Waals surface area contributed by atoms with Gasteiger partial charge in [-0.1, -0.05) is 61.0 Å². The van der Waals surface area contributed by atoms with Crippen molar-refractivity contribution in [2.75, 3.05) is 37.6 Å². The quantitative estimate of drug-likeness (QED) is 0.341. The summed E-state index contributed by atoms with van der Waals surface area (Å²) in [5, 5.41) is 0.191. The number of unbranched alkanes of at least 4 members (excludes halogenated alkanes) is 5. The number of thioether (sulfide) groups is 1. The molecule has 1 aliphatic heterocycles. The van der Waals surface area contributed by atoms with Crippen LogP contribution >= 0.6 is 11.8 Å². The normalized spacial score (nSPS) is 13.8. The Morgan fingerprint density at radius 1 is 1.00 bits per heavy atom. The van der Waals surface area contributed by atoms with Gasteiger partial charge in [0.25, 0.3) is 0 Å². The summed E-state index contributed by atoms with van der Waals surface area (Å²) in [4.78, 5) is 0. The second-order valence-electron chi connectivity index (χ2n) is 7.20. The van der Waals surface area contributed by atoms with Crippen LogP contribution in [-0.2, 0) is 28.8 Å². The zero-order valence-corrected chi connectivity index (χ0v) is 21.5. The topological polar surface area (TPSA) is 64.6 Å². The molecule has 0 fully saturated rings. The minimum absolute atomic E-state index is 0.191. The molecule has 1 aromatic rings. The molecule has 0 spiro atoms. The van der Waals surface area contributed by atoms with Gasteiger partial charge in [0.1, 0.15) is 11.0 Å². The lowest BCUT2D eigenvalue weighted by atomic mass is 10.1. The third-order valence-corrected chi connectivity index (χ3v) is 5.86. The van der Waals surface area contributed by atoms with E-state index in [1.165, 1.54) is 37.7 Å². The predicted molar refractivity (Wildman–Crippen MR) is 132 cm³/mol. The summed E-state index contributed by atoms with van der Waals surface area (Å²) in [6.45, 7) is 4.61. The Balaban J connectivity index is 0.000000975. The van der Waals surface area contributed by atoms with Crippen LogP contribution in [0.3, 0.4) is 0 Å². The highest BCUT2D eigenvalue weighted by Crippen LogP contribution is 2.33. The number of hydrogen-bond donors (Lipinski definition) is 0. The smallest absolute Gasteiger partial charge is 0.231 e. The average molecular weight is 465 g/mol. The van der Waals surface area contributed by atoms with Crippen LogP contribution in [0.4, 0.5) is 0 Å². The molecule has 1 heterocycles. The second-order valence-corrected chi connectivity index (χ2v) is 11.5. The third-order valence-electron chi connectivity index (χ3n) is 4.11. The molecular formula is C22H40O4S3. The van der Waals surface area contributed by atoms with E-state index in [2.05, 4.69) is 13.8 Å². The number of benzene rings is 1. The van der Waals surface area contributed by atoms with Gasteiger partial charge in [-0.3, -0.25) is 0 Å². The highest BCUT2D eigenvalue weighted by molar-refractivity contribution is 7.97. The van der Waals surface area contributed by atoms with Gasteiger partial charge in [-0.05, 0) is 50.0 Å². The highest BCUT2D eigenvalue weighted by Gasteiger charge is 2.19. The molecule has 29 heavy (non-hydrogen) atoms. The highest BCUT2D eigenvalue weighted by atomic mass is 32.2. The predicted octanol–water partition coefficient (Wildman–Crippen LogP) is 5.43. The van der Waals surface area contributed by atoms with Crippen LogP contribution in [0.2, 0.25) is 0 Å². The van der Waals surface area contributed by atoms with Crippen molar-refractivity contribution in [1.82, 2.24) is 0 Å². The monoisotopic (exact) mass is 464 g/mol. The van der Waals surface area contributed by atoms with Crippen LogP contribution in [0.25, 0.3) is 0 Å². The Bertz CT molecular complexity index is 512. The van der Waals surface area contributed by atoms with E-state index in [1.54, 1.807) is 24.3 Å². The Kier molecular flexibility index (Phi) is 18.4. The molecule has 0 saturated carbocycles. The van der Waals surface area contributed by atoms with Crippen LogP contribution in [0.15, 0.2) is 18.2 Å². The molecular weight excluding hydrogens is 424 g/mol. The van der Waals surface area contributed by atoms with Crippen LogP contribution in [0.1, 0.15) is 57.9 Å². The summed E-state index contributed by atoms with van der Waals surface area (Å²) in [6.07, 6.45) is 15.7.